The molecule has 27 heavy (non-hydrogen) atoms. The Balaban J connectivity index is 1.32. The number of nitrogens with one attached hydrogen (secondary N) is 2. The second-order valence-corrected chi connectivity index (χ2v) is 8.39. The van der Waals surface area contributed by atoms with Crippen LogP contribution in [0.25, 0.3) is 10.2 Å². The average Bonchev–Trinajstić information content (AvgIpc) is 3.09. The van der Waals surface area contributed by atoms with Crippen LogP contribution < -0.4 is 10.2 Å². The lowest BCUT2D eigenvalue weighted by atomic mass is 9.97. The predicted molar refractivity (Wildman–Crippen MR) is 107 cm³/mol. The Morgan fingerprint density at radius 3 is 2.81 bits per heavy atom. The van der Waals surface area contributed by atoms with Crippen molar-refractivity contribution in [3.8, 4) is 0 Å². The number of halogens is 2. The van der Waals surface area contributed by atoms with Crippen molar-refractivity contribution < 1.29 is 14.1 Å². The zero-order valence-electron chi connectivity index (χ0n) is 14.7. The summed E-state index contributed by atoms with van der Waals surface area (Å²) in [5.74, 6) is -0.207. The topological polar surface area (TPSA) is 46.4 Å². The molecule has 140 valence electrons. The molecule has 1 fully saturated rings. The van der Waals surface area contributed by atoms with Gasteiger partial charge in [0.1, 0.15) is 5.82 Å². The van der Waals surface area contributed by atoms with Crippen molar-refractivity contribution in [3.05, 3.63) is 58.3 Å². The molecule has 3 aromatic rings. The van der Waals surface area contributed by atoms with Crippen LogP contribution in [0.3, 0.4) is 0 Å². The minimum atomic E-state index is -0.475. The molecule has 0 spiro atoms. The van der Waals surface area contributed by atoms with E-state index in [2.05, 4.69) is 17.4 Å². The molecular formula is C20H20ClFN3OS+. The fourth-order valence-electron chi connectivity index (χ4n) is 3.53. The minimum Gasteiger partial charge on any atom is -0.327 e. The highest BCUT2D eigenvalue weighted by Gasteiger charge is 2.27. The van der Waals surface area contributed by atoms with Gasteiger partial charge in [-0.05, 0) is 30.3 Å². The minimum absolute atomic E-state index is 0.135. The van der Waals surface area contributed by atoms with Crippen LogP contribution in [0.1, 0.15) is 23.8 Å². The summed E-state index contributed by atoms with van der Waals surface area (Å²) in [6, 6.07) is 12.4. The van der Waals surface area contributed by atoms with Crippen LogP contribution in [0.15, 0.2) is 42.5 Å². The number of rotatable bonds is 4. The van der Waals surface area contributed by atoms with E-state index in [1.165, 1.54) is 32.8 Å². The number of quaternary nitrogens is 1. The third-order valence-corrected chi connectivity index (χ3v) is 6.40. The van der Waals surface area contributed by atoms with Crippen molar-refractivity contribution in [2.45, 2.75) is 18.8 Å². The van der Waals surface area contributed by atoms with E-state index in [0.29, 0.717) is 17.5 Å². The molecule has 4 rings (SSSR count). The number of amides is 1. The number of hydrogen-bond donors (Lipinski definition) is 2. The molecule has 4 nitrogen and oxygen atoms in total. The average molecular weight is 405 g/mol. The quantitative estimate of drug-likeness (QED) is 0.699. The van der Waals surface area contributed by atoms with Crippen LogP contribution >= 0.6 is 22.9 Å². The number of hydrogen-bond acceptors (Lipinski definition) is 3. The van der Waals surface area contributed by atoms with Gasteiger partial charge in [0.15, 0.2) is 6.54 Å². The maximum atomic E-state index is 13.7. The summed E-state index contributed by atoms with van der Waals surface area (Å²) in [4.78, 5) is 18.2. The van der Waals surface area contributed by atoms with Crippen molar-refractivity contribution in [1.29, 1.82) is 0 Å². The maximum Gasteiger partial charge on any atom is 0.279 e. The van der Waals surface area contributed by atoms with Gasteiger partial charge in [-0.1, -0.05) is 23.7 Å². The third kappa shape index (κ3) is 4.29. The Morgan fingerprint density at radius 2 is 2.04 bits per heavy atom. The Hall–Kier alpha value is -2.02. The standard InChI is InChI=1S/C20H19ClFN3OS/c21-14-5-6-15(22)17(11-14)23-19(26)12-25-9-7-13(8-10-25)20-24-16-3-1-2-4-18(16)27-20/h1-6,11,13H,7-10,12H2,(H,23,26)/p+1. The van der Waals surface area contributed by atoms with Crippen molar-refractivity contribution in [1.82, 2.24) is 4.98 Å². The molecule has 0 saturated carbocycles. The number of nitrogens with zero attached hydrogens (tertiary/aromatic N) is 1. The SMILES string of the molecule is O=C(C[NH+]1CCC(c2nc3ccccc3s2)CC1)Nc1cc(Cl)ccc1F. The van der Waals surface area contributed by atoms with Crippen molar-refractivity contribution in [2.24, 2.45) is 0 Å². The Bertz CT molecular complexity index is 936. The Kier molecular flexibility index (Phi) is 5.38. The van der Waals surface area contributed by atoms with Crippen LogP contribution in [0, 0.1) is 5.82 Å². The highest BCUT2D eigenvalue weighted by Crippen LogP contribution is 2.31. The normalized spacial score (nSPS) is 19.9. The molecule has 1 amide bonds. The van der Waals surface area contributed by atoms with Gasteiger partial charge in [0.2, 0.25) is 0 Å². The second-order valence-electron chi connectivity index (χ2n) is 6.89. The molecule has 2 heterocycles. The summed E-state index contributed by atoms with van der Waals surface area (Å²) in [6.07, 6.45) is 2.02. The number of thiazole rings is 1. The number of para-hydroxylation sites is 1. The van der Waals surface area contributed by atoms with E-state index >= 15 is 0 Å². The van der Waals surface area contributed by atoms with Crippen molar-refractivity contribution in [3.63, 3.8) is 0 Å². The highest BCUT2D eigenvalue weighted by molar-refractivity contribution is 7.18. The van der Waals surface area contributed by atoms with Gasteiger partial charge in [-0.2, -0.15) is 0 Å². The van der Waals surface area contributed by atoms with Crippen LogP contribution in [0.2, 0.25) is 5.02 Å². The molecule has 1 aliphatic heterocycles. The molecule has 0 aliphatic carbocycles. The molecular weight excluding hydrogens is 385 g/mol. The van der Waals surface area contributed by atoms with E-state index in [-0.39, 0.29) is 11.6 Å². The predicted octanol–water partition coefficient (Wildman–Crippen LogP) is 3.49. The summed E-state index contributed by atoms with van der Waals surface area (Å²) < 4.78 is 15.0. The summed E-state index contributed by atoms with van der Waals surface area (Å²) in [6.45, 7) is 2.15. The van der Waals surface area contributed by atoms with Crippen molar-refractivity contribution >= 4 is 44.7 Å². The molecule has 0 bridgehead atoms. The largest absolute Gasteiger partial charge is 0.327 e. The zero-order chi connectivity index (χ0) is 18.8. The van der Waals surface area contributed by atoms with E-state index in [9.17, 15) is 9.18 Å². The molecule has 1 aromatic heterocycles. The lowest BCUT2D eigenvalue weighted by molar-refractivity contribution is -0.897. The molecule has 1 saturated heterocycles. The van der Waals surface area contributed by atoms with Crippen LogP contribution in [0.5, 0.6) is 0 Å². The first-order valence-corrected chi connectivity index (χ1v) is 10.2. The van der Waals surface area contributed by atoms with Crippen molar-refractivity contribution in [2.75, 3.05) is 25.0 Å². The van der Waals surface area contributed by atoms with Gasteiger partial charge >= 0.3 is 0 Å². The Labute approximate surface area is 166 Å². The number of carbonyl (C=O) groups excluding carboxylic acids is 1. The van der Waals surface area contributed by atoms with Crippen LogP contribution in [-0.4, -0.2) is 30.5 Å². The van der Waals surface area contributed by atoms with E-state index in [1.54, 1.807) is 11.3 Å². The number of aromatic nitrogens is 1. The lowest BCUT2D eigenvalue weighted by Crippen LogP contribution is -3.14. The second kappa shape index (κ2) is 7.92. The smallest absolute Gasteiger partial charge is 0.279 e. The van der Waals surface area contributed by atoms with Crippen LogP contribution in [0.4, 0.5) is 10.1 Å². The van der Waals surface area contributed by atoms with Crippen LogP contribution in [-0.2, 0) is 4.79 Å². The van der Waals surface area contributed by atoms with E-state index < -0.39 is 5.82 Å². The maximum absolute atomic E-state index is 13.7. The molecule has 2 aromatic carbocycles. The van der Waals surface area contributed by atoms with E-state index in [4.69, 9.17) is 16.6 Å². The lowest BCUT2D eigenvalue weighted by Gasteiger charge is -2.27. The number of benzene rings is 2. The number of carbonyl (C=O) groups is 1. The van der Waals surface area contributed by atoms with Gasteiger partial charge in [-0.3, -0.25) is 4.79 Å². The first-order valence-electron chi connectivity index (χ1n) is 9.02. The molecule has 0 radical (unpaired) electrons. The molecule has 2 N–H and O–H groups in total. The fraction of sp³-hybridized carbons (Fsp3) is 0.300. The van der Waals surface area contributed by atoms with Gasteiger partial charge in [0.25, 0.3) is 5.91 Å². The highest BCUT2D eigenvalue weighted by atomic mass is 35.5. The first-order chi connectivity index (χ1) is 13.1. The molecule has 7 heteroatoms. The van der Waals surface area contributed by atoms with Gasteiger partial charge in [-0.15, -0.1) is 11.3 Å². The van der Waals surface area contributed by atoms with Gasteiger partial charge in [-0.25, -0.2) is 9.37 Å². The number of fused-ring (bicyclic) bond motifs is 1. The number of piperidine rings is 1. The summed E-state index contributed by atoms with van der Waals surface area (Å²) >= 11 is 7.64. The Morgan fingerprint density at radius 1 is 1.26 bits per heavy atom. The molecule has 0 unspecified atom stereocenters. The first kappa shape index (κ1) is 18.3. The summed E-state index contributed by atoms with van der Waals surface area (Å²) in [7, 11) is 0. The van der Waals surface area contributed by atoms with E-state index in [1.807, 2.05) is 12.1 Å². The molecule has 0 atom stereocenters. The fourth-order valence-corrected chi connectivity index (χ4v) is 4.84. The van der Waals surface area contributed by atoms with Gasteiger partial charge < -0.3 is 10.2 Å². The number of anilines is 1. The third-order valence-electron chi connectivity index (χ3n) is 4.97. The van der Waals surface area contributed by atoms with E-state index in [0.717, 1.165) is 31.4 Å². The van der Waals surface area contributed by atoms with Gasteiger partial charge in [0.05, 0.1) is 34.0 Å². The molecule has 1 aliphatic rings. The summed E-state index contributed by atoms with van der Waals surface area (Å²) in [5, 5.41) is 4.22. The monoisotopic (exact) mass is 404 g/mol. The summed E-state index contributed by atoms with van der Waals surface area (Å²) in [5.41, 5.74) is 1.20. The number of likely N-dealkylation sites (tertiary alicyclic amines) is 1. The van der Waals surface area contributed by atoms with Gasteiger partial charge in [0, 0.05) is 23.8 Å². The zero-order valence-corrected chi connectivity index (χ0v) is 16.2.